The molecule has 0 aliphatic carbocycles. The summed E-state index contributed by atoms with van der Waals surface area (Å²) in [4.78, 5) is 0. The zero-order valence-electron chi connectivity index (χ0n) is 11.4. The minimum absolute atomic E-state index is 0.571. The lowest BCUT2D eigenvalue weighted by Crippen LogP contribution is -2.39. The third-order valence-electron chi connectivity index (χ3n) is 3.03. The quantitative estimate of drug-likeness (QED) is 0.695. The molecular formula is C14H24O2Si. The van der Waals surface area contributed by atoms with Crippen LogP contribution < -0.4 is 5.19 Å². The first-order valence-corrected chi connectivity index (χ1v) is 8.08. The minimum atomic E-state index is -1.70. The molecule has 0 N–H and O–H groups in total. The van der Waals surface area contributed by atoms with Crippen LogP contribution in [0.25, 0.3) is 0 Å². The van der Waals surface area contributed by atoms with Gasteiger partial charge in [0.15, 0.2) is 0 Å². The van der Waals surface area contributed by atoms with E-state index in [4.69, 9.17) is 8.85 Å². The lowest BCUT2D eigenvalue weighted by molar-refractivity contribution is 0.225. The van der Waals surface area contributed by atoms with Crippen LogP contribution in [0.15, 0.2) is 24.3 Å². The molecule has 2 nitrogen and oxygen atoms in total. The summed E-state index contributed by atoms with van der Waals surface area (Å²) in [5.74, 6) is 0.571. The minimum Gasteiger partial charge on any atom is -0.394 e. The predicted molar refractivity (Wildman–Crippen MR) is 75.2 cm³/mol. The molecule has 0 aliphatic rings. The maximum Gasteiger partial charge on any atom is 0.356 e. The van der Waals surface area contributed by atoms with Crippen molar-refractivity contribution in [1.82, 2.24) is 0 Å². The van der Waals surface area contributed by atoms with E-state index in [0.29, 0.717) is 5.92 Å². The van der Waals surface area contributed by atoms with Gasteiger partial charge in [-0.15, -0.1) is 0 Å². The molecule has 0 radical (unpaired) electrons. The van der Waals surface area contributed by atoms with Gasteiger partial charge in [-0.3, -0.25) is 0 Å². The van der Waals surface area contributed by atoms with Crippen molar-refractivity contribution in [2.24, 2.45) is 0 Å². The van der Waals surface area contributed by atoms with Crippen LogP contribution in [0.1, 0.15) is 45.6 Å². The maximum atomic E-state index is 5.82. The van der Waals surface area contributed by atoms with Crippen LogP contribution >= 0.6 is 0 Å². The predicted octanol–water partition coefficient (Wildman–Crippen LogP) is 2.70. The van der Waals surface area contributed by atoms with Gasteiger partial charge in [0.25, 0.3) is 0 Å². The van der Waals surface area contributed by atoms with E-state index < -0.39 is 9.28 Å². The molecule has 0 amide bonds. The molecule has 0 aliphatic heterocycles. The third-order valence-corrected chi connectivity index (χ3v) is 5.34. The number of rotatable bonds is 7. The van der Waals surface area contributed by atoms with E-state index in [9.17, 15) is 0 Å². The Morgan fingerprint density at radius 2 is 1.65 bits per heavy atom. The lowest BCUT2D eigenvalue weighted by atomic mass is 9.99. The highest BCUT2D eigenvalue weighted by Gasteiger charge is 2.20. The average molecular weight is 252 g/mol. The van der Waals surface area contributed by atoms with Crippen LogP contribution in [0.5, 0.6) is 0 Å². The monoisotopic (exact) mass is 252 g/mol. The first kappa shape index (κ1) is 14.4. The van der Waals surface area contributed by atoms with Crippen molar-refractivity contribution in [2.45, 2.75) is 40.0 Å². The first-order chi connectivity index (χ1) is 8.24. The SMILES string of the molecule is CCO[SiH](OCC)c1ccccc1C(C)CC. The Morgan fingerprint density at radius 1 is 1.06 bits per heavy atom. The van der Waals surface area contributed by atoms with Crippen molar-refractivity contribution in [2.75, 3.05) is 13.2 Å². The molecule has 0 saturated heterocycles. The van der Waals surface area contributed by atoms with Crippen molar-refractivity contribution >= 4 is 14.5 Å². The van der Waals surface area contributed by atoms with Gasteiger partial charge < -0.3 is 8.85 Å². The molecule has 0 saturated carbocycles. The molecule has 1 aromatic rings. The number of hydrogen-bond acceptors (Lipinski definition) is 2. The molecule has 0 aromatic heterocycles. The van der Waals surface area contributed by atoms with Crippen molar-refractivity contribution in [1.29, 1.82) is 0 Å². The summed E-state index contributed by atoms with van der Waals surface area (Å²) in [5.41, 5.74) is 1.40. The summed E-state index contributed by atoms with van der Waals surface area (Å²) in [6, 6.07) is 8.57. The molecule has 1 atom stereocenters. The van der Waals surface area contributed by atoms with Crippen LogP contribution in [0.3, 0.4) is 0 Å². The van der Waals surface area contributed by atoms with E-state index in [1.807, 2.05) is 13.8 Å². The highest BCUT2D eigenvalue weighted by atomic mass is 28.3. The van der Waals surface area contributed by atoms with Gasteiger partial charge in [0.2, 0.25) is 0 Å². The fraction of sp³-hybridized carbons (Fsp3) is 0.571. The van der Waals surface area contributed by atoms with Crippen LogP contribution in [-0.4, -0.2) is 22.5 Å². The summed E-state index contributed by atoms with van der Waals surface area (Å²) in [7, 11) is -1.70. The Morgan fingerprint density at radius 3 is 2.18 bits per heavy atom. The summed E-state index contributed by atoms with van der Waals surface area (Å²) in [6.07, 6.45) is 1.15. The molecular weight excluding hydrogens is 228 g/mol. The summed E-state index contributed by atoms with van der Waals surface area (Å²) < 4.78 is 11.6. The molecule has 17 heavy (non-hydrogen) atoms. The topological polar surface area (TPSA) is 18.5 Å². The molecule has 0 bridgehead atoms. The van der Waals surface area contributed by atoms with Gasteiger partial charge in [-0.05, 0) is 36.9 Å². The Labute approximate surface area is 107 Å². The standard InChI is InChI=1S/C14H24O2Si/c1-5-12(4)13-10-8-9-11-14(13)17(15-6-2)16-7-3/h8-12,17H,5-7H2,1-4H3. The highest BCUT2D eigenvalue weighted by Crippen LogP contribution is 2.17. The fourth-order valence-corrected chi connectivity index (χ4v) is 3.91. The molecule has 96 valence electrons. The van der Waals surface area contributed by atoms with Crippen molar-refractivity contribution in [3.63, 3.8) is 0 Å². The second kappa shape index (κ2) is 7.64. The van der Waals surface area contributed by atoms with E-state index >= 15 is 0 Å². The van der Waals surface area contributed by atoms with Gasteiger partial charge in [0, 0.05) is 13.2 Å². The van der Waals surface area contributed by atoms with Crippen LogP contribution in [-0.2, 0) is 8.85 Å². The van der Waals surface area contributed by atoms with Gasteiger partial charge >= 0.3 is 9.28 Å². The van der Waals surface area contributed by atoms with E-state index in [2.05, 4.69) is 38.1 Å². The molecule has 3 heteroatoms. The normalized spacial score (nSPS) is 13.0. The lowest BCUT2D eigenvalue weighted by Gasteiger charge is -2.21. The van der Waals surface area contributed by atoms with Crippen molar-refractivity contribution in [3.05, 3.63) is 29.8 Å². The molecule has 1 rings (SSSR count). The van der Waals surface area contributed by atoms with Crippen molar-refractivity contribution < 1.29 is 8.85 Å². The van der Waals surface area contributed by atoms with E-state index in [0.717, 1.165) is 19.6 Å². The zero-order valence-corrected chi connectivity index (χ0v) is 12.6. The van der Waals surface area contributed by atoms with Gasteiger partial charge in [-0.2, -0.15) is 0 Å². The summed E-state index contributed by atoms with van der Waals surface area (Å²) in [6.45, 7) is 10.0. The molecule has 1 unspecified atom stereocenters. The van der Waals surface area contributed by atoms with Gasteiger partial charge in [0.1, 0.15) is 0 Å². The van der Waals surface area contributed by atoms with Gasteiger partial charge in [-0.25, -0.2) is 0 Å². The highest BCUT2D eigenvalue weighted by molar-refractivity contribution is 6.61. The largest absolute Gasteiger partial charge is 0.394 e. The van der Waals surface area contributed by atoms with Crippen LogP contribution in [0, 0.1) is 0 Å². The van der Waals surface area contributed by atoms with Crippen LogP contribution in [0.4, 0.5) is 0 Å². The average Bonchev–Trinajstić information content (AvgIpc) is 2.37. The molecule has 0 spiro atoms. The zero-order chi connectivity index (χ0) is 12.7. The summed E-state index contributed by atoms with van der Waals surface area (Å²) in [5, 5.41) is 1.31. The van der Waals surface area contributed by atoms with Gasteiger partial charge in [-0.1, -0.05) is 38.1 Å². The first-order valence-electron chi connectivity index (χ1n) is 6.56. The smallest absolute Gasteiger partial charge is 0.356 e. The molecule has 1 aromatic carbocycles. The third kappa shape index (κ3) is 3.94. The second-order valence-electron chi connectivity index (χ2n) is 4.18. The second-order valence-corrected chi connectivity index (χ2v) is 6.13. The van der Waals surface area contributed by atoms with Crippen LogP contribution in [0.2, 0.25) is 0 Å². The Hall–Kier alpha value is -0.643. The Bertz CT molecular complexity index is 322. The van der Waals surface area contributed by atoms with E-state index in [-0.39, 0.29) is 0 Å². The van der Waals surface area contributed by atoms with E-state index in [1.54, 1.807) is 0 Å². The number of benzene rings is 1. The Balaban J connectivity index is 2.99. The molecule has 0 heterocycles. The fourth-order valence-electron chi connectivity index (χ4n) is 1.92. The summed E-state index contributed by atoms with van der Waals surface area (Å²) >= 11 is 0. The Kier molecular flexibility index (Phi) is 6.48. The van der Waals surface area contributed by atoms with Gasteiger partial charge in [0.05, 0.1) is 0 Å². The molecule has 0 fully saturated rings. The van der Waals surface area contributed by atoms with E-state index in [1.165, 1.54) is 10.8 Å². The maximum absolute atomic E-state index is 5.82. The van der Waals surface area contributed by atoms with Crippen molar-refractivity contribution in [3.8, 4) is 0 Å². The number of hydrogen-bond donors (Lipinski definition) is 0.